The van der Waals surface area contributed by atoms with E-state index in [1.54, 1.807) is 12.3 Å². The third kappa shape index (κ3) is 2.04. The molecular weight excluding hydrogens is 190 g/mol. The molecule has 1 aromatic heterocycles. The van der Waals surface area contributed by atoms with Crippen LogP contribution in [-0.4, -0.2) is 10.9 Å². The van der Waals surface area contributed by atoms with Crippen molar-refractivity contribution in [1.29, 1.82) is 0 Å². The minimum absolute atomic E-state index is 0.0572. The molecule has 4 nitrogen and oxygen atoms in total. The van der Waals surface area contributed by atoms with Crippen molar-refractivity contribution in [3.8, 4) is 0 Å². The van der Waals surface area contributed by atoms with Crippen molar-refractivity contribution in [2.24, 2.45) is 5.73 Å². The zero-order valence-electron chi connectivity index (χ0n) is 8.05. The van der Waals surface area contributed by atoms with Crippen LogP contribution >= 0.6 is 0 Å². The van der Waals surface area contributed by atoms with Gasteiger partial charge in [0, 0.05) is 12.4 Å². The van der Waals surface area contributed by atoms with Crippen LogP contribution in [0, 0.1) is 0 Å². The van der Waals surface area contributed by atoms with E-state index in [4.69, 9.17) is 5.73 Å². The van der Waals surface area contributed by atoms with Gasteiger partial charge in [0.1, 0.15) is 0 Å². The van der Waals surface area contributed by atoms with Crippen molar-refractivity contribution in [1.82, 2.24) is 10.3 Å². The molecule has 0 aliphatic carbocycles. The number of carbonyl (C=O) groups excluding carboxylic acids is 1. The minimum atomic E-state index is -0.459. The van der Waals surface area contributed by atoms with Crippen LogP contribution in [-0.2, 0) is 0 Å². The van der Waals surface area contributed by atoms with Gasteiger partial charge < -0.3 is 11.1 Å². The highest BCUT2D eigenvalue weighted by atomic mass is 16.1. The van der Waals surface area contributed by atoms with Gasteiger partial charge in [-0.3, -0.25) is 9.78 Å². The predicted molar refractivity (Wildman–Crippen MR) is 56.9 cm³/mol. The van der Waals surface area contributed by atoms with Crippen LogP contribution in [0.25, 0.3) is 0 Å². The van der Waals surface area contributed by atoms with Gasteiger partial charge in [-0.1, -0.05) is 12.2 Å². The molecule has 0 spiro atoms. The standard InChI is InChI=1S/C11H11N3O/c12-11(15)9-5-8(6-13-7-9)10-3-1-2-4-14-10/h1-7,10,14H,(H2,12,15). The number of hydrogen-bond acceptors (Lipinski definition) is 3. The molecule has 2 heterocycles. The molecule has 0 saturated heterocycles. The lowest BCUT2D eigenvalue weighted by atomic mass is 10.1. The third-order valence-corrected chi connectivity index (χ3v) is 2.19. The fourth-order valence-electron chi connectivity index (χ4n) is 1.42. The van der Waals surface area contributed by atoms with Crippen molar-refractivity contribution < 1.29 is 4.79 Å². The summed E-state index contributed by atoms with van der Waals surface area (Å²) in [6, 6.07) is 1.80. The molecule has 0 aromatic carbocycles. The Labute approximate surface area is 87.5 Å². The second kappa shape index (κ2) is 3.96. The molecular formula is C11H11N3O. The van der Waals surface area contributed by atoms with Gasteiger partial charge in [0.2, 0.25) is 5.91 Å². The Morgan fingerprint density at radius 3 is 2.93 bits per heavy atom. The van der Waals surface area contributed by atoms with Gasteiger partial charge in [0.05, 0.1) is 11.6 Å². The average Bonchev–Trinajstić information content (AvgIpc) is 2.30. The van der Waals surface area contributed by atoms with E-state index in [9.17, 15) is 4.79 Å². The van der Waals surface area contributed by atoms with Crippen molar-refractivity contribution in [2.75, 3.05) is 0 Å². The van der Waals surface area contributed by atoms with Crippen molar-refractivity contribution in [2.45, 2.75) is 6.04 Å². The first-order valence-electron chi connectivity index (χ1n) is 4.61. The van der Waals surface area contributed by atoms with Crippen LogP contribution in [0.5, 0.6) is 0 Å². The molecule has 4 heteroatoms. The number of nitrogens with zero attached hydrogens (tertiary/aromatic N) is 1. The van der Waals surface area contributed by atoms with Crippen LogP contribution in [0.15, 0.2) is 42.9 Å². The number of nitrogens with two attached hydrogens (primary N) is 1. The molecule has 1 aromatic rings. The normalized spacial score (nSPS) is 18.5. The Hall–Kier alpha value is -2.10. The van der Waals surface area contributed by atoms with E-state index >= 15 is 0 Å². The lowest BCUT2D eigenvalue weighted by molar-refractivity contribution is 0.1000. The van der Waals surface area contributed by atoms with Gasteiger partial charge in [0.15, 0.2) is 0 Å². The van der Waals surface area contributed by atoms with Crippen LogP contribution in [0.3, 0.4) is 0 Å². The summed E-state index contributed by atoms with van der Waals surface area (Å²) in [7, 11) is 0. The van der Waals surface area contributed by atoms with Crippen molar-refractivity contribution in [3.63, 3.8) is 0 Å². The number of nitrogens with one attached hydrogen (secondary N) is 1. The smallest absolute Gasteiger partial charge is 0.250 e. The topological polar surface area (TPSA) is 68.0 Å². The first kappa shape index (κ1) is 9.45. The molecule has 1 aliphatic heterocycles. The Kier molecular flexibility index (Phi) is 2.49. The monoisotopic (exact) mass is 201 g/mol. The Morgan fingerprint density at radius 1 is 1.40 bits per heavy atom. The fourth-order valence-corrected chi connectivity index (χ4v) is 1.42. The summed E-state index contributed by atoms with van der Waals surface area (Å²) in [6.45, 7) is 0. The van der Waals surface area contributed by atoms with Crippen LogP contribution in [0.2, 0.25) is 0 Å². The predicted octanol–water partition coefficient (Wildman–Crippen LogP) is 0.895. The zero-order chi connectivity index (χ0) is 10.7. The Balaban J connectivity index is 2.28. The molecule has 1 aliphatic rings. The van der Waals surface area contributed by atoms with Crippen LogP contribution < -0.4 is 11.1 Å². The second-order valence-corrected chi connectivity index (χ2v) is 3.26. The van der Waals surface area contributed by atoms with Crippen LogP contribution in [0.1, 0.15) is 22.0 Å². The quantitative estimate of drug-likeness (QED) is 0.746. The zero-order valence-corrected chi connectivity index (χ0v) is 8.05. The summed E-state index contributed by atoms with van der Waals surface area (Å²) in [4.78, 5) is 14.9. The average molecular weight is 201 g/mol. The summed E-state index contributed by atoms with van der Waals surface area (Å²) in [5, 5.41) is 3.14. The lowest BCUT2D eigenvalue weighted by Gasteiger charge is -2.15. The van der Waals surface area contributed by atoms with E-state index in [1.165, 1.54) is 6.20 Å². The van der Waals surface area contributed by atoms with E-state index in [2.05, 4.69) is 10.3 Å². The van der Waals surface area contributed by atoms with E-state index in [-0.39, 0.29) is 6.04 Å². The highest BCUT2D eigenvalue weighted by Crippen LogP contribution is 2.16. The SMILES string of the molecule is NC(=O)c1cncc(C2C=CC=CN2)c1. The van der Waals surface area contributed by atoms with Gasteiger partial charge in [-0.25, -0.2) is 0 Å². The molecule has 2 rings (SSSR count). The largest absolute Gasteiger partial charge is 0.381 e. The summed E-state index contributed by atoms with van der Waals surface area (Å²) >= 11 is 0. The minimum Gasteiger partial charge on any atom is -0.381 e. The summed E-state index contributed by atoms with van der Waals surface area (Å²) in [6.07, 6.45) is 10.9. The maximum atomic E-state index is 11.0. The van der Waals surface area contributed by atoms with Crippen LogP contribution in [0.4, 0.5) is 0 Å². The first-order valence-corrected chi connectivity index (χ1v) is 4.61. The summed E-state index contributed by atoms with van der Waals surface area (Å²) < 4.78 is 0. The molecule has 0 bridgehead atoms. The number of amides is 1. The number of hydrogen-bond donors (Lipinski definition) is 2. The van der Waals surface area contributed by atoms with Gasteiger partial charge in [0.25, 0.3) is 0 Å². The van der Waals surface area contributed by atoms with E-state index < -0.39 is 5.91 Å². The number of aromatic nitrogens is 1. The molecule has 3 N–H and O–H groups in total. The molecule has 1 atom stereocenters. The molecule has 15 heavy (non-hydrogen) atoms. The second-order valence-electron chi connectivity index (χ2n) is 3.26. The number of dihydropyridines is 1. The third-order valence-electron chi connectivity index (χ3n) is 2.19. The molecule has 1 unspecified atom stereocenters. The lowest BCUT2D eigenvalue weighted by Crippen LogP contribution is -2.17. The van der Waals surface area contributed by atoms with E-state index in [0.717, 1.165) is 5.56 Å². The fraction of sp³-hybridized carbons (Fsp3) is 0.0909. The first-order chi connectivity index (χ1) is 7.27. The van der Waals surface area contributed by atoms with Gasteiger partial charge in [-0.2, -0.15) is 0 Å². The van der Waals surface area contributed by atoms with Crippen molar-refractivity contribution >= 4 is 5.91 Å². The maximum Gasteiger partial charge on any atom is 0.250 e. The number of pyridine rings is 1. The van der Waals surface area contributed by atoms with Crippen molar-refractivity contribution in [3.05, 3.63) is 54.0 Å². The maximum absolute atomic E-state index is 11.0. The molecule has 0 fully saturated rings. The number of rotatable bonds is 2. The Bertz CT molecular complexity index is 437. The Morgan fingerprint density at radius 2 is 2.27 bits per heavy atom. The molecule has 76 valence electrons. The van der Waals surface area contributed by atoms with Gasteiger partial charge >= 0.3 is 0 Å². The molecule has 0 radical (unpaired) electrons. The van der Waals surface area contributed by atoms with Gasteiger partial charge in [-0.15, -0.1) is 0 Å². The number of carbonyl (C=O) groups is 1. The van der Waals surface area contributed by atoms with Gasteiger partial charge in [-0.05, 0) is 23.9 Å². The van der Waals surface area contributed by atoms with E-state index in [0.29, 0.717) is 5.56 Å². The molecule has 0 saturated carbocycles. The highest BCUT2D eigenvalue weighted by molar-refractivity contribution is 5.92. The highest BCUT2D eigenvalue weighted by Gasteiger charge is 2.10. The summed E-state index contributed by atoms with van der Waals surface area (Å²) in [5.41, 5.74) is 6.53. The summed E-state index contributed by atoms with van der Waals surface area (Å²) in [5.74, 6) is -0.459. The van der Waals surface area contributed by atoms with E-state index in [1.807, 2.05) is 24.4 Å². The molecule has 1 amide bonds. The number of primary amides is 1. The number of allylic oxidation sites excluding steroid dienone is 2.